The van der Waals surface area contributed by atoms with Crippen molar-refractivity contribution in [1.82, 2.24) is 5.32 Å². The van der Waals surface area contributed by atoms with E-state index in [0.29, 0.717) is 5.56 Å². The summed E-state index contributed by atoms with van der Waals surface area (Å²) in [6, 6.07) is 8.77. The van der Waals surface area contributed by atoms with Crippen LogP contribution in [0.2, 0.25) is 0 Å². The third-order valence-electron chi connectivity index (χ3n) is 2.59. The van der Waals surface area contributed by atoms with Crippen LogP contribution in [0.3, 0.4) is 0 Å². The lowest BCUT2D eigenvalue weighted by molar-refractivity contribution is 0.0977. The normalized spacial score (nSPS) is 10.2. The standard InChI is InChI=1S/C14H8BrF2IN2OS/c15-9-5-7(16)6-10(17)12(9)19-14(22)20-13(21)8-3-1-2-4-11(8)18/h1-6H,(H2,19,20,21,22). The average Bonchev–Trinajstić information content (AvgIpc) is 2.43. The largest absolute Gasteiger partial charge is 0.329 e. The Morgan fingerprint density at radius 2 is 1.91 bits per heavy atom. The molecule has 8 heteroatoms. The molecular formula is C14H8BrF2IN2OS. The first kappa shape index (κ1) is 17.2. The summed E-state index contributed by atoms with van der Waals surface area (Å²) < 4.78 is 27.6. The molecular weight excluding hydrogens is 489 g/mol. The van der Waals surface area contributed by atoms with Crippen LogP contribution in [0.1, 0.15) is 10.4 Å². The van der Waals surface area contributed by atoms with Gasteiger partial charge in [-0.3, -0.25) is 10.1 Å². The molecule has 2 aromatic carbocycles. The number of amides is 1. The molecule has 0 bridgehead atoms. The minimum Gasteiger partial charge on any atom is -0.329 e. The van der Waals surface area contributed by atoms with E-state index in [1.165, 1.54) is 0 Å². The van der Waals surface area contributed by atoms with Gasteiger partial charge in [-0.1, -0.05) is 12.1 Å². The molecule has 0 aliphatic rings. The second-order valence-electron chi connectivity index (χ2n) is 4.13. The number of nitrogens with one attached hydrogen (secondary N) is 2. The lowest BCUT2D eigenvalue weighted by Crippen LogP contribution is -2.34. The molecule has 0 radical (unpaired) electrons. The zero-order chi connectivity index (χ0) is 16.3. The van der Waals surface area contributed by atoms with Gasteiger partial charge in [0, 0.05) is 14.1 Å². The highest BCUT2D eigenvalue weighted by molar-refractivity contribution is 14.1. The van der Waals surface area contributed by atoms with Crippen molar-refractivity contribution in [1.29, 1.82) is 0 Å². The maximum atomic E-state index is 13.7. The molecule has 0 aliphatic heterocycles. The summed E-state index contributed by atoms with van der Waals surface area (Å²) in [5, 5.41) is 4.90. The zero-order valence-electron chi connectivity index (χ0n) is 10.8. The van der Waals surface area contributed by atoms with Crippen molar-refractivity contribution in [3.63, 3.8) is 0 Å². The summed E-state index contributed by atoms with van der Waals surface area (Å²) in [5.74, 6) is -1.96. The van der Waals surface area contributed by atoms with Crippen molar-refractivity contribution in [2.75, 3.05) is 5.32 Å². The van der Waals surface area contributed by atoms with Gasteiger partial charge in [0.2, 0.25) is 0 Å². The van der Waals surface area contributed by atoms with E-state index < -0.39 is 17.5 Å². The highest BCUT2D eigenvalue weighted by Gasteiger charge is 2.14. The van der Waals surface area contributed by atoms with Gasteiger partial charge in [0.25, 0.3) is 5.91 Å². The summed E-state index contributed by atoms with van der Waals surface area (Å²) in [6.45, 7) is 0. The third-order valence-corrected chi connectivity index (χ3v) is 4.36. The van der Waals surface area contributed by atoms with Crippen molar-refractivity contribution < 1.29 is 13.6 Å². The Labute approximate surface area is 152 Å². The lowest BCUT2D eigenvalue weighted by atomic mass is 10.2. The number of hydrogen-bond donors (Lipinski definition) is 2. The Morgan fingerprint density at radius 3 is 2.55 bits per heavy atom. The van der Waals surface area contributed by atoms with Crippen LogP contribution in [-0.2, 0) is 0 Å². The van der Waals surface area contributed by atoms with Crippen molar-refractivity contribution in [2.24, 2.45) is 0 Å². The minimum absolute atomic E-state index is 0.0468. The van der Waals surface area contributed by atoms with Crippen molar-refractivity contribution in [3.05, 3.63) is 61.6 Å². The second-order valence-corrected chi connectivity index (χ2v) is 6.56. The highest BCUT2D eigenvalue weighted by atomic mass is 127. The number of rotatable bonds is 2. The van der Waals surface area contributed by atoms with E-state index >= 15 is 0 Å². The van der Waals surface area contributed by atoms with Crippen LogP contribution in [0.15, 0.2) is 40.9 Å². The van der Waals surface area contributed by atoms with Crippen LogP contribution in [0.5, 0.6) is 0 Å². The van der Waals surface area contributed by atoms with Gasteiger partial charge in [-0.15, -0.1) is 0 Å². The van der Waals surface area contributed by atoms with E-state index in [0.717, 1.165) is 15.7 Å². The van der Waals surface area contributed by atoms with Crippen molar-refractivity contribution in [2.45, 2.75) is 0 Å². The molecule has 1 amide bonds. The molecule has 114 valence electrons. The van der Waals surface area contributed by atoms with E-state index in [-0.39, 0.29) is 15.3 Å². The summed E-state index contributed by atoms with van der Waals surface area (Å²) in [6.07, 6.45) is 0. The molecule has 0 spiro atoms. The first-order valence-corrected chi connectivity index (χ1v) is 8.18. The predicted molar refractivity (Wildman–Crippen MR) is 96.9 cm³/mol. The Hall–Kier alpha value is -1.13. The first-order chi connectivity index (χ1) is 10.4. The van der Waals surface area contributed by atoms with Gasteiger partial charge < -0.3 is 5.32 Å². The van der Waals surface area contributed by atoms with Crippen LogP contribution in [0, 0.1) is 15.2 Å². The summed E-state index contributed by atoms with van der Waals surface area (Å²) in [5.41, 5.74) is 0.403. The van der Waals surface area contributed by atoms with Crippen LogP contribution >= 0.6 is 50.7 Å². The molecule has 22 heavy (non-hydrogen) atoms. The number of anilines is 1. The van der Waals surface area contributed by atoms with E-state index in [1.54, 1.807) is 24.3 Å². The number of carbonyl (C=O) groups excluding carboxylic acids is 1. The molecule has 0 saturated carbocycles. The molecule has 3 nitrogen and oxygen atoms in total. The number of carbonyl (C=O) groups is 1. The molecule has 2 aromatic rings. The van der Waals surface area contributed by atoms with Gasteiger partial charge in [0.1, 0.15) is 5.82 Å². The monoisotopic (exact) mass is 496 g/mol. The van der Waals surface area contributed by atoms with Gasteiger partial charge in [0.15, 0.2) is 10.9 Å². The fraction of sp³-hybridized carbons (Fsp3) is 0. The summed E-state index contributed by atoms with van der Waals surface area (Å²) >= 11 is 10.0. The molecule has 0 atom stereocenters. The Kier molecular flexibility index (Phi) is 5.81. The molecule has 0 fully saturated rings. The zero-order valence-corrected chi connectivity index (χ0v) is 15.4. The van der Waals surface area contributed by atoms with Crippen molar-refractivity contribution in [3.8, 4) is 0 Å². The van der Waals surface area contributed by atoms with Gasteiger partial charge in [-0.2, -0.15) is 0 Å². The number of hydrogen-bond acceptors (Lipinski definition) is 2. The minimum atomic E-state index is -0.822. The van der Waals surface area contributed by atoms with Gasteiger partial charge in [-0.25, -0.2) is 8.78 Å². The predicted octanol–water partition coefficient (Wildman–Crippen LogP) is 4.46. The van der Waals surface area contributed by atoms with E-state index in [4.69, 9.17) is 12.2 Å². The van der Waals surface area contributed by atoms with E-state index in [1.807, 2.05) is 22.6 Å². The van der Waals surface area contributed by atoms with Gasteiger partial charge in [0.05, 0.1) is 11.3 Å². The Morgan fingerprint density at radius 1 is 1.23 bits per heavy atom. The fourth-order valence-corrected chi connectivity index (χ4v) is 2.96. The van der Waals surface area contributed by atoms with Gasteiger partial charge >= 0.3 is 0 Å². The highest BCUT2D eigenvalue weighted by Crippen LogP contribution is 2.26. The number of thiocarbonyl (C=S) groups is 1. The van der Waals surface area contributed by atoms with Crippen LogP contribution in [0.4, 0.5) is 14.5 Å². The molecule has 0 aliphatic carbocycles. The molecule has 2 rings (SSSR count). The van der Waals surface area contributed by atoms with Gasteiger partial charge in [-0.05, 0) is 68.9 Å². The smallest absolute Gasteiger partial charge is 0.258 e. The van der Waals surface area contributed by atoms with E-state index in [2.05, 4.69) is 26.6 Å². The number of benzene rings is 2. The molecule has 0 aromatic heterocycles. The van der Waals surface area contributed by atoms with E-state index in [9.17, 15) is 13.6 Å². The quantitative estimate of drug-likeness (QED) is 0.476. The second kappa shape index (κ2) is 7.42. The van der Waals surface area contributed by atoms with Crippen LogP contribution < -0.4 is 10.6 Å². The molecule has 0 saturated heterocycles. The molecule has 0 heterocycles. The van der Waals surface area contributed by atoms with Crippen molar-refractivity contribution >= 4 is 67.4 Å². The van der Waals surface area contributed by atoms with Crippen LogP contribution in [-0.4, -0.2) is 11.0 Å². The first-order valence-electron chi connectivity index (χ1n) is 5.90. The SMILES string of the molecule is O=C(NC(=S)Nc1c(F)cc(F)cc1Br)c1ccccc1I. The average molecular weight is 497 g/mol. The van der Waals surface area contributed by atoms with Crippen LogP contribution in [0.25, 0.3) is 0 Å². The maximum absolute atomic E-state index is 13.7. The Balaban J connectivity index is 2.11. The fourth-order valence-electron chi connectivity index (χ4n) is 1.62. The number of halogens is 4. The molecule has 2 N–H and O–H groups in total. The topological polar surface area (TPSA) is 41.1 Å². The summed E-state index contributed by atoms with van der Waals surface area (Å²) in [7, 11) is 0. The maximum Gasteiger partial charge on any atom is 0.258 e. The Bertz CT molecular complexity index is 734. The lowest BCUT2D eigenvalue weighted by Gasteiger charge is -2.12. The third kappa shape index (κ3) is 4.20. The molecule has 0 unspecified atom stereocenters. The summed E-state index contributed by atoms with van der Waals surface area (Å²) in [4.78, 5) is 12.1.